The Labute approximate surface area is 150 Å². The molecule has 1 atom stereocenters. The van der Waals surface area contributed by atoms with E-state index in [9.17, 15) is 0 Å². The summed E-state index contributed by atoms with van der Waals surface area (Å²) in [5, 5.41) is 10.9. The first-order chi connectivity index (χ1) is 12.1. The van der Waals surface area contributed by atoms with Crippen LogP contribution in [0.2, 0.25) is 0 Å². The lowest BCUT2D eigenvalue weighted by atomic mass is 10.2. The van der Waals surface area contributed by atoms with Gasteiger partial charge in [0.1, 0.15) is 11.9 Å². The molecule has 6 nitrogen and oxygen atoms in total. The summed E-state index contributed by atoms with van der Waals surface area (Å²) in [6.45, 7) is 11.2. The summed E-state index contributed by atoms with van der Waals surface area (Å²) in [6, 6.07) is 8.08. The molecule has 136 valence electrons. The minimum atomic E-state index is 0.00558. The molecule has 0 saturated carbocycles. The number of aromatic nitrogens is 2. The maximum absolute atomic E-state index is 5.92. The zero-order chi connectivity index (χ0) is 18.1. The summed E-state index contributed by atoms with van der Waals surface area (Å²) in [5.41, 5.74) is 2.36. The predicted molar refractivity (Wildman–Crippen MR) is 102 cm³/mol. The van der Waals surface area contributed by atoms with Gasteiger partial charge in [0, 0.05) is 19.3 Å². The van der Waals surface area contributed by atoms with Crippen molar-refractivity contribution in [3.05, 3.63) is 47.8 Å². The molecule has 2 N–H and O–H groups in total. The number of hydrogen-bond donors (Lipinski definition) is 2. The summed E-state index contributed by atoms with van der Waals surface area (Å²) in [4.78, 5) is 4.61. The van der Waals surface area contributed by atoms with Crippen LogP contribution in [-0.2, 0) is 6.54 Å². The van der Waals surface area contributed by atoms with Crippen molar-refractivity contribution in [2.75, 3.05) is 19.6 Å². The van der Waals surface area contributed by atoms with Gasteiger partial charge in [0.15, 0.2) is 5.96 Å². The van der Waals surface area contributed by atoms with Gasteiger partial charge in [0.2, 0.25) is 0 Å². The molecule has 1 aromatic carbocycles. The van der Waals surface area contributed by atoms with Gasteiger partial charge in [-0.15, -0.1) is 0 Å². The number of guanidine groups is 1. The molecule has 0 saturated heterocycles. The molecule has 25 heavy (non-hydrogen) atoms. The number of nitrogens with one attached hydrogen (secondary N) is 2. The average Bonchev–Trinajstić information content (AvgIpc) is 2.98. The Morgan fingerprint density at radius 2 is 2.12 bits per heavy atom. The second-order valence-electron chi connectivity index (χ2n) is 6.17. The van der Waals surface area contributed by atoms with Crippen LogP contribution in [0.3, 0.4) is 0 Å². The zero-order valence-corrected chi connectivity index (χ0v) is 15.6. The summed E-state index contributed by atoms with van der Waals surface area (Å²) >= 11 is 0. The van der Waals surface area contributed by atoms with Crippen LogP contribution in [0.25, 0.3) is 0 Å². The molecule has 2 rings (SSSR count). The number of ether oxygens (including phenoxy) is 1. The van der Waals surface area contributed by atoms with Crippen LogP contribution in [0.4, 0.5) is 0 Å². The highest BCUT2D eigenvalue weighted by atomic mass is 16.5. The molecule has 0 radical (unpaired) electrons. The van der Waals surface area contributed by atoms with E-state index in [0.717, 1.165) is 31.3 Å². The van der Waals surface area contributed by atoms with Crippen LogP contribution in [0, 0.1) is 13.8 Å². The van der Waals surface area contributed by atoms with Gasteiger partial charge in [0.05, 0.1) is 19.3 Å². The van der Waals surface area contributed by atoms with Crippen molar-refractivity contribution in [1.29, 1.82) is 0 Å². The van der Waals surface area contributed by atoms with Gasteiger partial charge in [-0.1, -0.05) is 12.1 Å². The van der Waals surface area contributed by atoms with Crippen molar-refractivity contribution in [1.82, 2.24) is 20.4 Å². The average molecular weight is 343 g/mol. The Morgan fingerprint density at radius 1 is 1.28 bits per heavy atom. The van der Waals surface area contributed by atoms with Crippen molar-refractivity contribution in [3.8, 4) is 5.75 Å². The Kier molecular flexibility index (Phi) is 7.32. The summed E-state index contributed by atoms with van der Waals surface area (Å²) < 4.78 is 7.85. The van der Waals surface area contributed by atoms with Crippen LogP contribution in [0.1, 0.15) is 25.0 Å². The van der Waals surface area contributed by atoms with Gasteiger partial charge in [0.25, 0.3) is 0 Å². The normalized spacial score (nSPS) is 12.7. The molecule has 1 unspecified atom stereocenters. The van der Waals surface area contributed by atoms with Crippen molar-refractivity contribution in [2.24, 2.45) is 4.99 Å². The molecule has 0 aliphatic rings. The quantitative estimate of drug-likeness (QED) is 0.571. The molecule has 0 amide bonds. The van der Waals surface area contributed by atoms with Crippen LogP contribution in [0.15, 0.2) is 41.7 Å². The zero-order valence-electron chi connectivity index (χ0n) is 15.6. The molecule has 2 aromatic rings. The lowest BCUT2D eigenvalue weighted by Crippen LogP contribution is -2.39. The third kappa shape index (κ3) is 6.87. The highest BCUT2D eigenvalue weighted by molar-refractivity contribution is 5.79. The fourth-order valence-corrected chi connectivity index (χ4v) is 2.40. The highest BCUT2D eigenvalue weighted by Gasteiger charge is 2.05. The maximum Gasteiger partial charge on any atom is 0.191 e. The second kappa shape index (κ2) is 9.71. The number of aliphatic imine (C=N–C) groups is 1. The molecule has 0 spiro atoms. The monoisotopic (exact) mass is 343 g/mol. The summed E-state index contributed by atoms with van der Waals surface area (Å²) in [5.74, 6) is 1.68. The maximum atomic E-state index is 5.92. The summed E-state index contributed by atoms with van der Waals surface area (Å²) in [6.07, 6.45) is 3.90. The van der Waals surface area contributed by atoms with Gasteiger partial charge >= 0.3 is 0 Å². The predicted octanol–water partition coefficient (Wildman–Crippen LogP) is 2.52. The molecular weight excluding hydrogens is 314 g/mol. The van der Waals surface area contributed by atoms with Crippen LogP contribution in [0.5, 0.6) is 5.75 Å². The fraction of sp³-hybridized carbons (Fsp3) is 0.474. The summed E-state index contributed by atoms with van der Waals surface area (Å²) in [7, 11) is 0. The van der Waals surface area contributed by atoms with Crippen molar-refractivity contribution >= 4 is 5.96 Å². The second-order valence-corrected chi connectivity index (χ2v) is 6.17. The number of rotatable bonds is 8. The van der Waals surface area contributed by atoms with Crippen LogP contribution < -0.4 is 15.4 Å². The van der Waals surface area contributed by atoms with E-state index in [-0.39, 0.29) is 6.10 Å². The third-order valence-corrected chi connectivity index (χ3v) is 3.57. The molecule has 0 fully saturated rings. The highest BCUT2D eigenvalue weighted by Crippen LogP contribution is 2.14. The molecule has 0 aliphatic heterocycles. The van der Waals surface area contributed by atoms with Crippen LogP contribution >= 0.6 is 0 Å². The lowest BCUT2D eigenvalue weighted by molar-refractivity contribution is 0.230. The first kappa shape index (κ1) is 18.8. The Morgan fingerprint density at radius 3 is 2.80 bits per heavy atom. The topological polar surface area (TPSA) is 63.5 Å². The smallest absolute Gasteiger partial charge is 0.191 e. The molecular formula is C19H29N5O. The first-order valence-corrected chi connectivity index (χ1v) is 8.81. The minimum Gasteiger partial charge on any atom is -0.489 e. The molecule has 6 heteroatoms. The SMILES string of the molecule is CCNC(=NCC(C)Oc1cccc(C)c1)NCCn1cc(C)cn1. The largest absolute Gasteiger partial charge is 0.489 e. The first-order valence-electron chi connectivity index (χ1n) is 8.81. The number of nitrogens with zero attached hydrogens (tertiary/aromatic N) is 3. The molecule has 0 bridgehead atoms. The van der Waals surface area contributed by atoms with Gasteiger partial charge in [-0.2, -0.15) is 5.10 Å². The molecule has 1 aromatic heterocycles. The van der Waals surface area contributed by atoms with Crippen molar-refractivity contribution in [2.45, 2.75) is 40.3 Å². The lowest BCUT2D eigenvalue weighted by Gasteiger charge is -2.15. The van der Waals surface area contributed by atoms with E-state index in [1.54, 1.807) is 0 Å². The van der Waals surface area contributed by atoms with E-state index in [1.165, 1.54) is 11.1 Å². The number of hydrogen-bond acceptors (Lipinski definition) is 3. The Balaban J connectivity index is 1.81. The van der Waals surface area contributed by atoms with Gasteiger partial charge in [-0.25, -0.2) is 4.99 Å². The van der Waals surface area contributed by atoms with Crippen LogP contribution in [-0.4, -0.2) is 41.5 Å². The fourth-order valence-electron chi connectivity index (χ4n) is 2.40. The molecule has 1 heterocycles. The van der Waals surface area contributed by atoms with Gasteiger partial charge < -0.3 is 15.4 Å². The van der Waals surface area contributed by atoms with Crippen molar-refractivity contribution in [3.63, 3.8) is 0 Å². The standard InChI is InChI=1S/C19H29N5O/c1-5-20-19(21-9-10-24-14-16(3)12-23-24)22-13-17(4)25-18-8-6-7-15(2)11-18/h6-8,11-12,14,17H,5,9-10,13H2,1-4H3,(H2,20,21,22). The van der Waals surface area contributed by atoms with Gasteiger partial charge in [-0.05, 0) is 51.0 Å². The van der Waals surface area contributed by atoms with E-state index in [4.69, 9.17) is 4.74 Å². The van der Waals surface area contributed by atoms with E-state index < -0.39 is 0 Å². The van der Waals surface area contributed by atoms with Gasteiger partial charge in [-0.3, -0.25) is 4.68 Å². The molecule has 0 aliphatic carbocycles. The number of aryl methyl sites for hydroxylation is 2. The van der Waals surface area contributed by atoms with E-state index in [1.807, 2.05) is 49.1 Å². The number of benzene rings is 1. The van der Waals surface area contributed by atoms with E-state index in [0.29, 0.717) is 6.54 Å². The van der Waals surface area contributed by atoms with E-state index in [2.05, 4.69) is 40.6 Å². The third-order valence-electron chi connectivity index (χ3n) is 3.57. The Bertz CT molecular complexity index is 680. The van der Waals surface area contributed by atoms with Crippen molar-refractivity contribution < 1.29 is 4.74 Å². The minimum absolute atomic E-state index is 0.00558. The van der Waals surface area contributed by atoms with E-state index >= 15 is 0 Å². The Hall–Kier alpha value is -2.50.